The van der Waals surface area contributed by atoms with Gasteiger partial charge in [-0.3, -0.25) is 0 Å². The van der Waals surface area contributed by atoms with E-state index in [9.17, 15) is 0 Å². The third-order valence-corrected chi connectivity index (χ3v) is 19.5. The fraction of sp³-hybridized carbons (Fsp3) is 0.886. The van der Waals surface area contributed by atoms with Gasteiger partial charge in [-0.25, -0.2) is 0 Å². The Bertz CT molecular complexity index is 916. The van der Waals surface area contributed by atoms with Crippen LogP contribution in [0.1, 0.15) is 109 Å². The van der Waals surface area contributed by atoms with E-state index in [4.69, 9.17) is 0 Å². The molecule has 11 aliphatic rings. The Morgan fingerprint density at radius 3 is 1.54 bits per heavy atom. The minimum absolute atomic E-state index is 0.0228. The van der Waals surface area contributed by atoms with Crippen molar-refractivity contribution >= 4 is 17.2 Å². The van der Waals surface area contributed by atoms with Crippen LogP contribution in [0.15, 0.2) is 23.3 Å². The van der Waals surface area contributed by atoms with E-state index in [1.165, 1.54) is 51.4 Å². The minimum Gasteiger partial charge on any atom is -0.313 e. The topological polar surface area (TPSA) is 24.1 Å². The van der Waals surface area contributed by atoms with Crippen molar-refractivity contribution in [3.8, 4) is 0 Å². The lowest BCUT2D eigenvalue weighted by molar-refractivity contribution is 0.0187. The van der Waals surface area contributed by atoms with Gasteiger partial charge in [-0.2, -0.15) is 0 Å². The molecule has 3 atom stereocenters. The van der Waals surface area contributed by atoms with Gasteiger partial charge in [-0.05, 0) is 185 Å². The zero-order valence-electron chi connectivity index (χ0n) is 24.4. The van der Waals surface area contributed by atoms with Crippen molar-refractivity contribution in [1.82, 2.24) is 10.6 Å². The maximum atomic E-state index is 4.02. The molecule has 10 fully saturated rings. The molecule has 214 valence electrons. The van der Waals surface area contributed by atoms with Gasteiger partial charge in [0.05, 0.1) is 0 Å². The largest absolute Gasteiger partial charge is 0.313 e. The number of nitrogens with one attached hydrogen (secondary N) is 2. The second-order valence-corrected chi connectivity index (χ2v) is 20.7. The average molecular weight is 565 g/mol. The molecule has 2 aliphatic heterocycles. The van der Waals surface area contributed by atoms with E-state index in [0.717, 1.165) is 45.8 Å². The maximum absolute atomic E-state index is 4.02. The molecule has 0 aromatic rings. The summed E-state index contributed by atoms with van der Waals surface area (Å²) < 4.78 is 0. The highest BCUT2D eigenvalue weighted by molar-refractivity contribution is 7.61. The standard InChI is InChI=1S/C35H54N2P2/c38-35(31-6-2-8-36-31,32-7-3-9-37-32)30-5-1-4-29(30)22-39(33-16-23-10-24(17-33)12-25(11-23)18-33)34-19-26-13-27(20-34)15-28(14-26)21-34/h1,4,23-28,31-32,36-37H,2-3,5-22,38H2. The fourth-order valence-corrected chi connectivity index (χ4v) is 19.9. The third kappa shape index (κ3) is 3.99. The normalized spacial score (nSPS) is 51.8. The van der Waals surface area contributed by atoms with Crippen molar-refractivity contribution in [1.29, 1.82) is 0 Å². The molecule has 8 bridgehead atoms. The number of allylic oxidation sites excluding steroid dienone is 3. The second kappa shape index (κ2) is 9.38. The third-order valence-electron chi connectivity index (χ3n) is 14.3. The minimum atomic E-state index is 0.0228. The van der Waals surface area contributed by atoms with Crippen molar-refractivity contribution in [2.45, 2.75) is 137 Å². The highest BCUT2D eigenvalue weighted by Crippen LogP contribution is 2.79. The van der Waals surface area contributed by atoms with Crippen LogP contribution in [0.2, 0.25) is 0 Å². The summed E-state index contributed by atoms with van der Waals surface area (Å²) >= 11 is 0. The highest BCUT2D eigenvalue weighted by Gasteiger charge is 2.62. The van der Waals surface area contributed by atoms with Crippen LogP contribution in [-0.4, -0.2) is 46.8 Å². The molecule has 39 heavy (non-hydrogen) atoms. The number of rotatable bonds is 7. The zero-order chi connectivity index (χ0) is 25.8. The molecule has 9 aliphatic carbocycles. The van der Waals surface area contributed by atoms with Gasteiger partial charge in [-0.1, -0.05) is 20.1 Å². The summed E-state index contributed by atoms with van der Waals surface area (Å²) in [6.45, 7) is 2.44. The summed E-state index contributed by atoms with van der Waals surface area (Å²) in [6.07, 6.45) is 32.9. The summed E-state index contributed by atoms with van der Waals surface area (Å²) in [5.74, 6) is 6.55. The van der Waals surface area contributed by atoms with Crippen molar-refractivity contribution in [2.75, 3.05) is 19.3 Å². The van der Waals surface area contributed by atoms with Crippen molar-refractivity contribution in [2.24, 2.45) is 35.5 Å². The summed E-state index contributed by atoms with van der Waals surface area (Å²) in [5, 5.41) is 9.74. The van der Waals surface area contributed by atoms with Crippen molar-refractivity contribution < 1.29 is 0 Å². The van der Waals surface area contributed by atoms with E-state index < -0.39 is 0 Å². The number of hydrogen-bond acceptors (Lipinski definition) is 2. The van der Waals surface area contributed by atoms with Crippen LogP contribution in [0.25, 0.3) is 0 Å². The van der Waals surface area contributed by atoms with Gasteiger partial charge in [0.1, 0.15) is 0 Å². The lowest BCUT2D eigenvalue weighted by Crippen LogP contribution is -2.57. The molecule has 2 nitrogen and oxygen atoms in total. The van der Waals surface area contributed by atoms with E-state index in [0.29, 0.717) is 12.1 Å². The molecular formula is C35H54N2P2. The Labute approximate surface area is 242 Å². The van der Waals surface area contributed by atoms with Crippen LogP contribution in [0, 0.1) is 35.5 Å². The van der Waals surface area contributed by atoms with Gasteiger partial charge >= 0.3 is 0 Å². The van der Waals surface area contributed by atoms with Gasteiger partial charge in [0.15, 0.2) is 0 Å². The summed E-state index contributed by atoms with van der Waals surface area (Å²) in [4.78, 5) is 0. The number of hydrogen-bond donors (Lipinski definition) is 2. The van der Waals surface area contributed by atoms with Crippen molar-refractivity contribution in [3.05, 3.63) is 23.3 Å². The second-order valence-electron chi connectivity index (χ2n) is 16.7. The summed E-state index contributed by atoms with van der Waals surface area (Å²) in [6, 6.07) is 1.27. The van der Waals surface area contributed by atoms with Crippen LogP contribution in [0.3, 0.4) is 0 Å². The molecule has 0 radical (unpaired) electrons. The molecule has 2 saturated heterocycles. The Morgan fingerprint density at radius 2 is 1.15 bits per heavy atom. The lowest BCUT2D eigenvalue weighted by Gasteiger charge is -2.67. The van der Waals surface area contributed by atoms with E-state index in [1.807, 2.05) is 11.1 Å². The Kier molecular flexibility index (Phi) is 6.19. The first-order valence-corrected chi connectivity index (χ1v) is 19.5. The van der Waals surface area contributed by atoms with Crippen LogP contribution < -0.4 is 10.6 Å². The first kappa shape index (κ1) is 25.7. The Balaban J connectivity index is 1.14. The SMILES string of the molecule is PC(C1=C(CP(C23CC4CC(CC(C4)C2)C3)C23CC4CC(CC(C4)C2)C3)C=CC1)(C1CCCN1)C1CCCN1. The van der Waals surface area contributed by atoms with E-state index >= 15 is 0 Å². The predicted molar refractivity (Wildman–Crippen MR) is 169 cm³/mol. The highest BCUT2D eigenvalue weighted by atomic mass is 31.1. The first-order chi connectivity index (χ1) is 19.0. The molecule has 11 rings (SSSR count). The molecule has 4 heteroatoms. The van der Waals surface area contributed by atoms with Gasteiger partial charge in [0.25, 0.3) is 0 Å². The molecule has 0 aromatic heterocycles. The maximum Gasteiger partial charge on any atom is 0.0370 e. The molecule has 0 spiro atoms. The molecule has 3 unspecified atom stereocenters. The van der Waals surface area contributed by atoms with E-state index in [2.05, 4.69) is 32.0 Å². The average Bonchev–Trinajstić information content (AvgIpc) is 3.69. The molecule has 2 N–H and O–H groups in total. The van der Waals surface area contributed by atoms with Crippen LogP contribution in [0.4, 0.5) is 0 Å². The van der Waals surface area contributed by atoms with Gasteiger partial charge in [-0.15, -0.1) is 9.24 Å². The Morgan fingerprint density at radius 1 is 0.718 bits per heavy atom. The van der Waals surface area contributed by atoms with E-state index in [1.54, 1.807) is 77.0 Å². The smallest absolute Gasteiger partial charge is 0.0370 e. The molecule has 8 saturated carbocycles. The quantitative estimate of drug-likeness (QED) is 0.309. The van der Waals surface area contributed by atoms with Crippen LogP contribution in [0.5, 0.6) is 0 Å². The van der Waals surface area contributed by atoms with Gasteiger partial charge < -0.3 is 10.6 Å². The van der Waals surface area contributed by atoms with Crippen LogP contribution in [-0.2, 0) is 0 Å². The van der Waals surface area contributed by atoms with Crippen molar-refractivity contribution in [3.63, 3.8) is 0 Å². The van der Waals surface area contributed by atoms with Crippen LogP contribution >= 0.6 is 17.2 Å². The monoisotopic (exact) mass is 564 g/mol. The zero-order valence-corrected chi connectivity index (χ0v) is 26.5. The predicted octanol–water partition coefficient (Wildman–Crippen LogP) is 7.78. The van der Waals surface area contributed by atoms with Gasteiger partial charge in [0, 0.05) is 17.2 Å². The Hall–Kier alpha value is 0.260. The lowest BCUT2D eigenvalue weighted by atomic mass is 9.55. The van der Waals surface area contributed by atoms with Gasteiger partial charge in [0.2, 0.25) is 0 Å². The fourth-order valence-electron chi connectivity index (χ4n) is 13.8. The molecule has 0 amide bonds. The summed E-state index contributed by atoms with van der Waals surface area (Å²) in [5.41, 5.74) is 3.71. The molecule has 2 heterocycles. The first-order valence-electron chi connectivity index (χ1n) is 17.4. The summed E-state index contributed by atoms with van der Waals surface area (Å²) in [7, 11) is 3.58. The molecular weight excluding hydrogens is 510 g/mol. The van der Waals surface area contributed by atoms with E-state index in [-0.39, 0.29) is 13.1 Å². The molecule has 0 aromatic carbocycles.